The van der Waals surface area contributed by atoms with Crippen LogP contribution in [0.25, 0.3) is 0 Å². The maximum Gasteiger partial charge on any atom is 0.257 e. The number of hydrogen-bond acceptors (Lipinski definition) is 6. The first-order valence-electron chi connectivity index (χ1n) is 12.3. The van der Waals surface area contributed by atoms with Crippen molar-refractivity contribution in [1.29, 1.82) is 0 Å². The van der Waals surface area contributed by atoms with Gasteiger partial charge in [-0.2, -0.15) is 0 Å². The monoisotopic (exact) mass is 471 g/mol. The molecule has 3 aliphatic rings. The fourth-order valence-electron chi connectivity index (χ4n) is 5.41. The van der Waals surface area contributed by atoms with Crippen molar-refractivity contribution in [3.8, 4) is 0 Å². The average Bonchev–Trinajstić information content (AvgIpc) is 3.02. The Hall–Kier alpha value is -2.49. The number of hydrazine groups is 1. The van der Waals surface area contributed by atoms with Crippen LogP contribution in [0.4, 0.5) is 0 Å². The van der Waals surface area contributed by atoms with E-state index >= 15 is 0 Å². The number of nitrogens with zero attached hydrogens (tertiary/aromatic N) is 1. The summed E-state index contributed by atoms with van der Waals surface area (Å²) in [5.74, 6) is -0.785. The van der Waals surface area contributed by atoms with E-state index < -0.39 is 29.8 Å². The van der Waals surface area contributed by atoms with Gasteiger partial charge in [-0.05, 0) is 56.2 Å². The number of carbonyl (C=O) groups excluding carboxylic acids is 3. The molecule has 0 spiro atoms. The molecule has 0 saturated carbocycles. The zero-order chi connectivity index (χ0) is 24.5. The van der Waals surface area contributed by atoms with Crippen molar-refractivity contribution in [2.75, 3.05) is 13.7 Å². The maximum atomic E-state index is 13.6. The maximum absolute atomic E-state index is 13.6. The van der Waals surface area contributed by atoms with Gasteiger partial charge < -0.3 is 20.3 Å². The highest BCUT2D eigenvalue weighted by Gasteiger charge is 2.55. The molecule has 1 aliphatic carbocycles. The summed E-state index contributed by atoms with van der Waals surface area (Å²) >= 11 is 0. The van der Waals surface area contributed by atoms with Crippen molar-refractivity contribution in [2.45, 2.75) is 83.3 Å². The van der Waals surface area contributed by atoms with E-state index in [0.717, 1.165) is 19.3 Å². The molecule has 3 amide bonds. The number of fused-ring (bicyclic) bond motifs is 2. The van der Waals surface area contributed by atoms with Crippen LogP contribution in [0, 0.1) is 5.41 Å². The Labute approximate surface area is 201 Å². The third-order valence-corrected chi connectivity index (χ3v) is 7.43. The van der Waals surface area contributed by atoms with E-state index in [1.54, 1.807) is 18.9 Å². The first-order chi connectivity index (χ1) is 16.2. The predicted octanol–water partition coefficient (Wildman–Crippen LogP) is 1.15. The van der Waals surface area contributed by atoms with Gasteiger partial charge in [-0.25, -0.2) is 5.43 Å². The molecule has 1 aromatic carbocycles. The Balaban J connectivity index is 1.49. The highest BCUT2D eigenvalue weighted by molar-refractivity contribution is 5.94. The van der Waals surface area contributed by atoms with E-state index in [-0.39, 0.29) is 23.8 Å². The molecule has 2 saturated heterocycles. The topological polar surface area (TPSA) is 112 Å². The molecular weight excluding hydrogens is 434 g/mol. The predicted molar refractivity (Wildman–Crippen MR) is 127 cm³/mol. The van der Waals surface area contributed by atoms with Gasteiger partial charge >= 0.3 is 0 Å². The first-order valence-corrected chi connectivity index (χ1v) is 12.3. The quantitative estimate of drug-likeness (QED) is 0.463. The Bertz CT molecular complexity index is 936. The van der Waals surface area contributed by atoms with Crippen LogP contribution in [0.1, 0.15) is 63.6 Å². The highest BCUT2D eigenvalue weighted by Crippen LogP contribution is 2.42. The smallest absolute Gasteiger partial charge is 0.257 e. The molecule has 9 heteroatoms. The number of amides is 3. The van der Waals surface area contributed by atoms with Crippen LogP contribution < -0.4 is 21.5 Å². The molecule has 9 nitrogen and oxygen atoms in total. The second-order valence-electron chi connectivity index (χ2n) is 10.3. The Morgan fingerprint density at radius 2 is 1.94 bits per heavy atom. The van der Waals surface area contributed by atoms with E-state index in [2.05, 4.69) is 33.6 Å². The van der Waals surface area contributed by atoms with Crippen molar-refractivity contribution < 1.29 is 19.1 Å². The molecule has 2 heterocycles. The lowest BCUT2D eigenvalue weighted by Crippen LogP contribution is -2.59. The lowest BCUT2D eigenvalue weighted by molar-refractivity contribution is -0.150. The van der Waals surface area contributed by atoms with Crippen LogP contribution in [-0.2, 0) is 25.5 Å². The van der Waals surface area contributed by atoms with Crippen LogP contribution >= 0.6 is 0 Å². The average molecular weight is 472 g/mol. The molecule has 1 aromatic rings. The van der Waals surface area contributed by atoms with Crippen LogP contribution in [0.5, 0.6) is 0 Å². The van der Waals surface area contributed by atoms with E-state index in [9.17, 15) is 14.4 Å². The molecule has 2 fully saturated rings. The van der Waals surface area contributed by atoms with E-state index in [1.807, 2.05) is 26.0 Å². The van der Waals surface area contributed by atoms with Crippen LogP contribution in [0.2, 0.25) is 0 Å². The summed E-state index contributed by atoms with van der Waals surface area (Å²) in [6, 6.07) is 6.45. The van der Waals surface area contributed by atoms with Crippen molar-refractivity contribution in [1.82, 2.24) is 26.4 Å². The van der Waals surface area contributed by atoms with Gasteiger partial charge in [-0.3, -0.25) is 19.8 Å². The molecule has 4 rings (SSSR count). The summed E-state index contributed by atoms with van der Waals surface area (Å²) < 4.78 is 5.99. The van der Waals surface area contributed by atoms with Gasteiger partial charge in [0.2, 0.25) is 11.8 Å². The molecule has 0 aromatic heterocycles. The molecule has 2 aliphatic heterocycles. The summed E-state index contributed by atoms with van der Waals surface area (Å²) in [6.45, 7) is 6.04. The number of carbonyl (C=O) groups is 3. The van der Waals surface area contributed by atoms with Gasteiger partial charge in [0.15, 0.2) is 0 Å². The number of benzene rings is 1. The Kier molecular flexibility index (Phi) is 7.25. The molecule has 186 valence electrons. The van der Waals surface area contributed by atoms with Crippen LogP contribution in [0.3, 0.4) is 0 Å². The zero-order valence-electron chi connectivity index (χ0n) is 20.5. The van der Waals surface area contributed by atoms with Crippen molar-refractivity contribution in [3.05, 3.63) is 35.4 Å². The Morgan fingerprint density at radius 3 is 2.71 bits per heavy atom. The summed E-state index contributed by atoms with van der Waals surface area (Å²) in [6.07, 6.45) is 3.45. The Morgan fingerprint density at radius 1 is 1.18 bits per heavy atom. The third kappa shape index (κ3) is 4.82. The molecule has 5 atom stereocenters. The molecule has 0 bridgehead atoms. The van der Waals surface area contributed by atoms with Crippen molar-refractivity contribution >= 4 is 17.7 Å². The number of aryl methyl sites for hydroxylation is 1. The summed E-state index contributed by atoms with van der Waals surface area (Å²) in [7, 11) is 1.69. The molecule has 0 radical (unpaired) electrons. The second kappa shape index (κ2) is 10.0. The fraction of sp³-hybridized carbons (Fsp3) is 0.640. The van der Waals surface area contributed by atoms with Crippen LogP contribution in [0.15, 0.2) is 24.3 Å². The lowest BCUT2D eigenvalue weighted by atomic mass is 9.84. The van der Waals surface area contributed by atoms with Crippen LogP contribution in [-0.4, -0.2) is 60.6 Å². The summed E-state index contributed by atoms with van der Waals surface area (Å²) in [4.78, 5) is 41.0. The highest BCUT2D eigenvalue weighted by atomic mass is 16.5. The molecular formula is C25H37N5O4. The summed E-state index contributed by atoms with van der Waals surface area (Å²) in [5, 5.41) is 5.72. The number of nitrogens with one attached hydrogen (secondary N) is 4. The molecule has 4 N–H and O–H groups in total. The van der Waals surface area contributed by atoms with Gasteiger partial charge in [-0.1, -0.05) is 38.1 Å². The largest absolute Gasteiger partial charge is 0.358 e. The lowest BCUT2D eigenvalue weighted by Gasteiger charge is -2.34. The molecule has 1 unspecified atom stereocenters. The molecule has 34 heavy (non-hydrogen) atoms. The standard InChI is InChI=1S/C25H37N5O4/c1-15(26-4)22(31)27-19-12-13-34-20-14-25(2,3)21(30(20)24(19)33)23(32)29-28-18-11-7-9-16-8-5-6-10-17(16)18/h5-6,8,10,15,18-21,26,28H,7,9,11-14H2,1-4H3,(H,27,31)(H,29,32)/t15-,18?,19-,20-,21+/m0/s1. The minimum atomic E-state index is -0.726. The number of rotatable bonds is 6. The zero-order valence-corrected chi connectivity index (χ0v) is 20.5. The van der Waals surface area contributed by atoms with Gasteiger partial charge in [0.1, 0.15) is 18.3 Å². The van der Waals surface area contributed by atoms with E-state index in [1.165, 1.54) is 11.1 Å². The number of likely N-dealkylation sites (N-methyl/N-ethyl adjacent to an activating group) is 1. The third-order valence-electron chi connectivity index (χ3n) is 7.43. The normalized spacial score (nSPS) is 28.9. The fourth-order valence-corrected chi connectivity index (χ4v) is 5.41. The first kappa shape index (κ1) is 24.6. The minimum absolute atomic E-state index is 0.0281. The number of hydrogen-bond donors (Lipinski definition) is 4. The van der Waals surface area contributed by atoms with E-state index in [4.69, 9.17) is 4.74 Å². The minimum Gasteiger partial charge on any atom is -0.358 e. The SMILES string of the molecule is CN[C@@H](C)C(=O)N[C@H]1CCO[C@H]2CC(C)(C)[C@@H](C(=O)NNC3CCCc4ccccc43)N2C1=O. The van der Waals surface area contributed by atoms with E-state index in [0.29, 0.717) is 19.4 Å². The van der Waals surface area contributed by atoms with Crippen molar-refractivity contribution in [2.24, 2.45) is 5.41 Å². The summed E-state index contributed by atoms with van der Waals surface area (Å²) in [5.41, 5.74) is 8.15. The van der Waals surface area contributed by atoms with Gasteiger partial charge in [-0.15, -0.1) is 0 Å². The van der Waals surface area contributed by atoms with Gasteiger partial charge in [0.05, 0.1) is 18.7 Å². The van der Waals surface area contributed by atoms with Gasteiger partial charge in [0, 0.05) is 6.42 Å². The van der Waals surface area contributed by atoms with Crippen molar-refractivity contribution in [3.63, 3.8) is 0 Å². The van der Waals surface area contributed by atoms with Gasteiger partial charge in [0.25, 0.3) is 5.91 Å². The second-order valence-corrected chi connectivity index (χ2v) is 10.3. The number of ether oxygens (including phenoxy) is 1.